The molecular formula is C14H9F2NO. The number of benzene rings is 2. The number of alkyl halides is 2. The number of anilines is 1. The van der Waals surface area contributed by atoms with Crippen molar-refractivity contribution < 1.29 is 13.6 Å². The number of halogens is 2. The molecule has 0 atom stereocenters. The summed E-state index contributed by atoms with van der Waals surface area (Å²) >= 11 is 0. The second-order valence-electron chi connectivity index (χ2n) is 4.12. The number of para-hydroxylation sites is 1. The predicted octanol–water partition coefficient (Wildman–Crippen LogP) is 3.39. The standard InChI is InChI=1S/C14H9F2NO/c15-14(16)11-8-4-7-10(12(11)14)13(18)17-9-5-2-1-3-6-9/h1-8H,(H,17,18). The minimum absolute atomic E-state index is 0.0429. The molecule has 0 fully saturated rings. The highest BCUT2D eigenvalue weighted by molar-refractivity contribution is 6.07. The van der Waals surface area contributed by atoms with Gasteiger partial charge in [-0.1, -0.05) is 30.3 Å². The molecule has 0 aromatic heterocycles. The Balaban J connectivity index is 1.88. The normalized spacial score (nSPS) is 14.8. The van der Waals surface area contributed by atoms with Crippen LogP contribution in [0.3, 0.4) is 0 Å². The smallest absolute Gasteiger partial charge is 0.300 e. The van der Waals surface area contributed by atoms with E-state index in [1.54, 1.807) is 24.3 Å². The van der Waals surface area contributed by atoms with Gasteiger partial charge in [-0.15, -0.1) is 0 Å². The molecule has 0 saturated heterocycles. The molecule has 1 amide bonds. The van der Waals surface area contributed by atoms with Crippen molar-refractivity contribution >= 4 is 11.6 Å². The molecule has 0 saturated carbocycles. The first-order chi connectivity index (χ1) is 8.60. The summed E-state index contributed by atoms with van der Waals surface area (Å²) in [6, 6.07) is 13.0. The van der Waals surface area contributed by atoms with Gasteiger partial charge in [-0.3, -0.25) is 4.79 Å². The van der Waals surface area contributed by atoms with E-state index < -0.39 is 11.8 Å². The molecule has 2 nitrogen and oxygen atoms in total. The number of carbonyl (C=O) groups excluding carboxylic acids is 1. The summed E-state index contributed by atoms with van der Waals surface area (Å²) in [6.07, 6.45) is 0. The number of rotatable bonds is 2. The molecule has 2 aromatic rings. The van der Waals surface area contributed by atoms with E-state index in [-0.39, 0.29) is 16.7 Å². The number of fused-ring (bicyclic) bond motifs is 1. The number of nitrogens with one attached hydrogen (secondary N) is 1. The Morgan fingerprint density at radius 1 is 1.00 bits per heavy atom. The second-order valence-corrected chi connectivity index (χ2v) is 4.12. The fourth-order valence-corrected chi connectivity index (χ4v) is 1.99. The maximum Gasteiger partial charge on any atom is 0.300 e. The van der Waals surface area contributed by atoms with Gasteiger partial charge in [0, 0.05) is 22.4 Å². The molecule has 3 rings (SSSR count). The van der Waals surface area contributed by atoms with Crippen LogP contribution in [-0.4, -0.2) is 5.91 Å². The quantitative estimate of drug-likeness (QED) is 0.863. The van der Waals surface area contributed by atoms with Crippen LogP contribution in [0.15, 0.2) is 48.5 Å². The summed E-state index contributed by atoms with van der Waals surface area (Å²) in [5.74, 6) is -3.44. The molecule has 0 bridgehead atoms. The first-order valence-electron chi connectivity index (χ1n) is 5.49. The van der Waals surface area contributed by atoms with Crippen molar-refractivity contribution in [3.05, 3.63) is 65.2 Å². The Bertz CT molecular complexity index is 623. The van der Waals surface area contributed by atoms with Crippen LogP contribution in [0.4, 0.5) is 14.5 Å². The lowest BCUT2D eigenvalue weighted by atomic mass is 10.2. The SMILES string of the molecule is O=C(Nc1ccccc1)c1cccc2c1C2(F)F. The van der Waals surface area contributed by atoms with Gasteiger partial charge in [-0.25, -0.2) is 0 Å². The van der Waals surface area contributed by atoms with Gasteiger partial charge >= 0.3 is 0 Å². The second kappa shape index (κ2) is 3.63. The van der Waals surface area contributed by atoms with Gasteiger partial charge in [0.25, 0.3) is 11.8 Å². The van der Waals surface area contributed by atoms with Crippen LogP contribution < -0.4 is 5.32 Å². The van der Waals surface area contributed by atoms with Crippen LogP contribution in [0.25, 0.3) is 0 Å². The molecule has 0 radical (unpaired) electrons. The van der Waals surface area contributed by atoms with Crippen molar-refractivity contribution in [2.45, 2.75) is 5.92 Å². The highest BCUT2D eigenvalue weighted by Gasteiger charge is 2.55. The third kappa shape index (κ3) is 1.57. The average Bonchev–Trinajstić information content (AvgIpc) is 2.94. The Morgan fingerprint density at radius 3 is 2.44 bits per heavy atom. The van der Waals surface area contributed by atoms with E-state index in [1.807, 2.05) is 6.07 Å². The lowest BCUT2D eigenvalue weighted by molar-refractivity contribution is 0.0938. The van der Waals surface area contributed by atoms with Crippen molar-refractivity contribution in [3.63, 3.8) is 0 Å². The summed E-state index contributed by atoms with van der Waals surface area (Å²) in [5, 5.41) is 2.60. The van der Waals surface area contributed by atoms with Crippen molar-refractivity contribution in [2.24, 2.45) is 0 Å². The Kier molecular flexibility index (Phi) is 2.20. The molecule has 0 aliphatic heterocycles. The van der Waals surface area contributed by atoms with Crippen molar-refractivity contribution in [2.75, 3.05) is 5.32 Å². The summed E-state index contributed by atoms with van der Waals surface area (Å²) in [4.78, 5) is 11.9. The fourth-order valence-electron chi connectivity index (χ4n) is 1.99. The van der Waals surface area contributed by atoms with Crippen molar-refractivity contribution in [1.29, 1.82) is 0 Å². The minimum atomic E-state index is -2.94. The molecule has 1 aliphatic carbocycles. The zero-order chi connectivity index (χ0) is 12.8. The van der Waals surface area contributed by atoms with E-state index in [4.69, 9.17) is 0 Å². The van der Waals surface area contributed by atoms with Gasteiger partial charge in [-0.2, -0.15) is 8.78 Å². The van der Waals surface area contributed by atoms with Crippen molar-refractivity contribution in [1.82, 2.24) is 0 Å². The van der Waals surface area contributed by atoms with E-state index in [0.717, 1.165) is 0 Å². The monoisotopic (exact) mass is 245 g/mol. The molecule has 0 heterocycles. The van der Waals surface area contributed by atoms with Crippen LogP contribution in [0.5, 0.6) is 0 Å². The number of carbonyl (C=O) groups is 1. The largest absolute Gasteiger partial charge is 0.322 e. The molecular weight excluding hydrogens is 236 g/mol. The third-order valence-electron chi connectivity index (χ3n) is 2.93. The van der Waals surface area contributed by atoms with Crippen LogP contribution in [0.2, 0.25) is 0 Å². The first kappa shape index (κ1) is 10.9. The predicted molar refractivity (Wildman–Crippen MR) is 63.8 cm³/mol. The maximum absolute atomic E-state index is 13.3. The highest BCUT2D eigenvalue weighted by Crippen LogP contribution is 2.54. The van der Waals surface area contributed by atoms with E-state index in [1.165, 1.54) is 18.2 Å². The van der Waals surface area contributed by atoms with Gasteiger partial charge in [-0.05, 0) is 18.2 Å². The molecule has 90 valence electrons. The number of hydrogen-bond donors (Lipinski definition) is 1. The summed E-state index contributed by atoms with van der Waals surface area (Å²) in [6.45, 7) is 0. The van der Waals surface area contributed by atoms with Gasteiger partial charge in [0.1, 0.15) is 0 Å². The summed E-state index contributed by atoms with van der Waals surface area (Å²) < 4.78 is 26.6. The van der Waals surface area contributed by atoms with Gasteiger partial charge in [0.15, 0.2) is 0 Å². The number of hydrogen-bond acceptors (Lipinski definition) is 1. The van der Waals surface area contributed by atoms with E-state index in [0.29, 0.717) is 5.69 Å². The molecule has 0 spiro atoms. The van der Waals surface area contributed by atoms with Crippen LogP contribution in [-0.2, 0) is 5.92 Å². The molecule has 4 heteroatoms. The lowest BCUT2D eigenvalue weighted by Crippen LogP contribution is -2.12. The fraction of sp³-hybridized carbons (Fsp3) is 0.0714. The Hall–Kier alpha value is -2.23. The van der Waals surface area contributed by atoms with E-state index >= 15 is 0 Å². The first-order valence-corrected chi connectivity index (χ1v) is 5.49. The lowest BCUT2D eigenvalue weighted by Gasteiger charge is -2.04. The van der Waals surface area contributed by atoms with E-state index in [9.17, 15) is 13.6 Å². The zero-order valence-electron chi connectivity index (χ0n) is 9.28. The van der Waals surface area contributed by atoms with Gasteiger partial charge in [0.2, 0.25) is 0 Å². The van der Waals surface area contributed by atoms with Gasteiger partial charge < -0.3 is 5.32 Å². The van der Waals surface area contributed by atoms with Crippen molar-refractivity contribution in [3.8, 4) is 0 Å². The Labute approximate surface area is 102 Å². The maximum atomic E-state index is 13.3. The molecule has 1 N–H and O–H groups in total. The summed E-state index contributed by atoms with van der Waals surface area (Å²) in [7, 11) is 0. The number of amides is 1. The highest BCUT2D eigenvalue weighted by atomic mass is 19.3. The molecule has 1 aliphatic rings. The van der Waals surface area contributed by atoms with Crippen LogP contribution >= 0.6 is 0 Å². The topological polar surface area (TPSA) is 29.1 Å². The third-order valence-corrected chi connectivity index (χ3v) is 2.93. The van der Waals surface area contributed by atoms with Crippen LogP contribution in [0, 0.1) is 0 Å². The summed E-state index contributed by atoms with van der Waals surface area (Å²) in [5.41, 5.74) is 0.423. The average molecular weight is 245 g/mol. The Morgan fingerprint density at radius 2 is 1.72 bits per heavy atom. The van der Waals surface area contributed by atoms with E-state index in [2.05, 4.69) is 5.32 Å². The molecule has 18 heavy (non-hydrogen) atoms. The van der Waals surface area contributed by atoms with Gasteiger partial charge in [0.05, 0.1) is 0 Å². The minimum Gasteiger partial charge on any atom is -0.322 e. The van der Waals surface area contributed by atoms with Crippen LogP contribution in [0.1, 0.15) is 21.5 Å². The zero-order valence-corrected chi connectivity index (χ0v) is 9.28. The molecule has 2 aromatic carbocycles. The molecule has 0 unspecified atom stereocenters.